The number of rotatable bonds is 5. The van der Waals surface area contributed by atoms with Crippen LogP contribution in [0.1, 0.15) is 42.8 Å². The minimum Gasteiger partial charge on any atom is -0.313 e. The van der Waals surface area contributed by atoms with Crippen molar-refractivity contribution in [2.24, 2.45) is 0 Å². The van der Waals surface area contributed by atoms with Crippen LogP contribution in [0.15, 0.2) is 36.5 Å². The summed E-state index contributed by atoms with van der Waals surface area (Å²) < 4.78 is 2.01. The topological polar surface area (TPSA) is 29.9 Å². The van der Waals surface area contributed by atoms with Gasteiger partial charge in [-0.3, -0.25) is 4.68 Å². The van der Waals surface area contributed by atoms with Crippen LogP contribution in [0.25, 0.3) is 0 Å². The molecule has 2 aromatic rings. The van der Waals surface area contributed by atoms with E-state index < -0.39 is 0 Å². The first-order valence-electron chi connectivity index (χ1n) is 6.88. The zero-order valence-corrected chi connectivity index (χ0v) is 12.2. The normalized spacial score (nSPS) is 12.9. The summed E-state index contributed by atoms with van der Waals surface area (Å²) in [5, 5.41) is 8.01. The van der Waals surface area contributed by atoms with Gasteiger partial charge in [-0.05, 0) is 39.4 Å². The molecule has 1 unspecified atom stereocenters. The van der Waals surface area contributed by atoms with Gasteiger partial charge in [-0.25, -0.2) is 0 Å². The first kappa shape index (κ1) is 13.8. The predicted octanol–water partition coefficient (Wildman–Crippen LogP) is 3.28. The lowest BCUT2D eigenvalue weighted by Crippen LogP contribution is -2.19. The standard InChI is InChI=1S/C16H23N3/c1-12(2)19-9-8-15(18-19)11-16(17-4)14-7-5-6-13(3)10-14/h5-10,12,16-17H,11H2,1-4H3. The van der Waals surface area contributed by atoms with Gasteiger partial charge in [0.1, 0.15) is 0 Å². The Hall–Kier alpha value is -1.61. The molecular formula is C16H23N3. The zero-order chi connectivity index (χ0) is 13.8. The highest BCUT2D eigenvalue weighted by atomic mass is 15.3. The third-order valence-electron chi connectivity index (χ3n) is 3.40. The third kappa shape index (κ3) is 3.44. The zero-order valence-electron chi connectivity index (χ0n) is 12.2. The highest BCUT2D eigenvalue weighted by molar-refractivity contribution is 5.26. The molecule has 102 valence electrons. The summed E-state index contributed by atoms with van der Waals surface area (Å²) in [6.07, 6.45) is 2.97. The second-order valence-electron chi connectivity index (χ2n) is 5.34. The molecule has 1 heterocycles. The van der Waals surface area contributed by atoms with Crippen molar-refractivity contribution >= 4 is 0 Å². The van der Waals surface area contributed by atoms with Gasteiger partial charge in [0.2, 0.25) is 0 Å². The maximum absolute atomic E-state index is 4.62. The van der Waals surface area contributed by atoms with Gasteiger partial charge in [0.25, 0.3) is 0 Å². The molecule has 0 saturated carbocycles. The van der Waals surface area contributed by atoms with E-state index in [9.17, 15) is 0 Å². The molecule has 19 heavy (non-hydrogen) atoms. The van der Waals surface area contributed by atoms with Crippen molar-refractivity contribution in [2.45, 2.75) is 39.3 Å². The van der Waals surface area contributed by atoms with E-state index in [0.29, 0.717) is 12.1 Å². The van der Waals surface area contributed by atoms with Crippen LogP contribution in [-0.4, -0.2) is 16.8 Å². The fourth-order valence-corrected chi connectivity index (χ4v) is 2.26. The molecular weight excluding hydrogens is 234 g/mol. The summed E-state index contributed by atoms with van der Waals surface area (Å²) in [5.74, 6) is 0. The first-order chi connectivity index (χ1) is 9.10. The van der Waals surface area contributed by atoms with E-state index in [2.05, 4.69) is 67.7 Å². The average molecular weight is 257 g/mol. The fraction of sp³-hybridized carbons (Fsp3) is 0.438. The SMILES string of the molecule is CNC(Cc1ccn(C(C)C)n1)c1cccc(C)c1. The Morgan fingerprint density at radius 1 is 1.26 bits per heavy atom. The Bertz CT molecular complexity index is 528. The van der Waals surface area contributed by atoms with Gasteiger partial charge >= 0.3 is 0 Å². The summed E-state index contributed by atoms with van der Waals surface area (Å²) in [5.41, 5.74) is 3.75. The maximum atomic E-state index is 4.62. The molecule has 1 aromatic heterocycles. The van der Waals surface area contributed by atoms with Crippen molar-refractivity contribution in [1.82, 2.24) is 15.1 Å². The number of likely N-dealkylation sites (N-methyl/N-ethyl adjacent to an activating group) is 1. The third-order valence-corrected chi connectivity index (χ3v) is 3.40. The molecule has 1 atom stereocenters. The number of hydrogen-bond acceptors (Lipinski definition) is 2. The molecule has 0 bridgehead atoms. The molecule has 3 heteroatoms. The lowest BCUT2D eigenvalue weighted by atomic mass is 10.0. The van der Waals surface area contributed by atoms with Crippen LogP contribution in [-0.2, 0) is 6.42 Å². The molecule has 0 aliphatic carbocycles. The maximum Gasteiger partial charge on any atom is 0.0643 e. The van der Waals surface area contributed by atoms with Crippen molar-refractivity contribution in [3.05, 3.63) is 53.3 Å². The summed E-state index contributed by atoms with van der Waals surface area (Å²) in [6, 6.07) is 11.5. The van der Waals surface area contributed by atoms with Crippen molar-refractivity contribution in [3.8, 4) is 0 Å². The number of aryl methyl sites for hydroxylation is 1. The van der Waals surface area contributed by atoms with Crippen molar-refractivity contribution in [2.75, 3.05) is 7.05 Å². The smallest absolute Gasteiger partial charge is 0.0643 e. The van der Waals surface area contributed by atoms with Crippen LogP contribution < -0.4 is 5.32 Å². The number of nitrogens with one attached hydrogen (secondary N) is 1. The van der Waals surface area contributed by atoms with E-state index in [0.717, 1.165) is 12.1 Å². The number of aromatic nitrogens is 2. The van der Waals surface area contributed by atoms with Crippen molar-refractivity contribution in [3.63, 3.8) is 0 Å². The average Bonchev–Trinajstić information content (AvgIpc) is 2.84. The van der Waals surface area contributed by atoms with Gasteiger partial charge in [0.15, 0.2) is 0 Å². The Morgan fingerprint density at radius 3 is 2.63 bits per heavy atom. The summed E-state index contributed by atoms with van der Waals surface area (Å²) in [7, 11) is 2.01. The molecule has 3 nitrogen and oxygen atoms in total. The van der Waals surface area contributed by atoms with E-state index in [1.165, 1.54) is 11.1 Å². The Morgan fingerprint density at radius 2 is 2.05 bits per heavy atom. The van der Waals surface area contributed by atoms with Crippen LogP contribution in [0.2, 0.25) is 0 Å². The van der Waals surface area contributed by atoms with E-state index in [1.807, 2.05) is 11.7 Å². The summed E-state index contributed by atoms with van der Waals surface area (Å²) in [6.45, 7) is 6.42. The minimum absolute atomic E-state index is 0.315. The molecule has 1 N–H and O–H groups in total. The Labute approximate surface area is 115 Å². The Kier molecular flexibility index (Phi) is 4.38. The first-order valence-corrected chi connectivity index (χ1v) is 6.88. The molecule has 0 saturated heterocycles. The minimum atomic E-state index is 0.315. The number of benzene rings is 1. The highest BCUT2D eigenvalue weighted by Crippen LogP contribution is 2.18. The van der Waals surface area contributed by atoms with Gasteiger partial charge in [-0.15, -0.1) is 0 Å². The fourth-order valence-electron chi connectivity index (χ4n) is 2.26. The van der Waals surface area contributed by atoms with Crippen molar-refractivity contribution < 1.29 is 0 Å². The van der Waals surface area contributed by atoms with E-state index >= 15 is 0 Å². The van der Waals surface area contributed by atoms with Gasteiger partial charge in [-0.1, -0.05) is 29.8 Å². The number of nitrogens with zero attached hydrogens (tertiary/aromatic N) is 2. The summed E-state index contributed by atoms with van der Waals surface area (Å²) >= 11 is 0. The molecule has 2 rings (SSSR count). The highest BCUT2D eigenvalue weighted by Gasteiger charge is 2.12. The quantitative estimate of drug-likeness (QED) is 0.891. The molecule has 0 spiro atoms. The Balaban J connectivity index is 2.14. The van der Waals surface area contributed by atoms with Gasteiger partial charge in [0.05, 0.1) is 5.69 Å². The molecule has 0 aliphatic heterocycles. The van der Waals surface area contributed by atoms with Gasteiger partial charge in [0, 0.05) is 24.7 Å². The summed E-state index contributed by atoms with van der Waals surface area (Å²) in [4.78, 5) is 0. The van der Waals surface area contributed by atoms with Crippen LogP contribution in [0, 0.1) is 6.92 Å². The van der Waals surface area contributed by atoms with E-state index in [1.54, 1.807) is 0 Å². The lowest BCUT2D eigenvalue weighted by molar-refractivity contribution is 0.515. The molecule has 0 fully saturated rings. The molecule has 0 aliphatic rings. The second kappa shape index (κ2) is 6.02. The van der Waals surface area contributed by atoms with E-state index in [4.69, 9.17) is 0 Å². The predicted molar refractivity (Wildman–Crippen MR) is 79.3 cm³/mol. The second-order valence-corrected chi connectivity index (χ2v) is 5.34. The lowest BCUT2D eigenvalue weighted by Gasteiger charge is -2.16. The molecule has 1 aromatic carbocycles. The van der Waals surface area contributed by atoms with Gasteiger partial charge in [-0.2, -0.15) is 5.10 Å². The van der Waals surface area contributed by atoms with Crippen molar-refractivity contribution in [1.29, 1.82) is 0 Å². The molecule has 0 amide bonds. The number of hydrogen-bond donors (Lipinski definition) is 1. The molecule has 0 radical (unpaired) electrons. The van der Waals surface area contributed by atoms with Crippen LogP contribution in [0.5, 0.6) is 0 Å². The monoisotopic (exact) mass is 257 g/mol. The van der Waals surface area contributed by atoms with E-state index in [-0.39, 0.29) is 0 Å². The van der Waals surface area contributed by atoms with Gasteiger partial charge < -0.3 is 5.32 Å². The van der Waals surface area contributed by atoms with Crippen LogP contribution >= 0.6 is 0 Å². The van der Waals surface area contributed by atoms with Crippen LogP contribution in [0.4, 0.5) is 0 Å². The van der Waals surface area contributed by atoms with Crippen LogP contribution in [0.3, 0.4) is 0 Å². The largest absolute Gasteiger partial charge is 0.313 e.